The van der Waals surface area contributed by atoms with Gasteiger partial charge in [-0.3, -0.25) is 14.5 Å². The largest absolute Gasteiger partial charge is 0.393 e. The van der Waals surface area contributed by atoms with Gasteiger partial charge in [0.25, 0.3) is 11.8 Å². The summed E-state index contributed by atoms with van der Waals surface area (Å²) in [5.74, 6) is -0.307. The molecule has 1 saturated carbocycles. The Morgan fingerprint density at radius 2 is 1.81 bits per heavy atom. The molecule has 0 radical (unpaired) electrons. The first kappa shape index (κ1) is 19.2. The van der Waals surface area contributed by atoms with E-state index in [2.05, 4.69) is 20.9 Å². The molecule has 7 nitrogen and oxygen atoms in total. The SMILES string of the molecule is CCNC(=O)c1ccc(N/C(CN2CCCC2)=C(\N)C(=O)NC2CC2)cc1. The van der Waals surface area contributed by atoms with Crippen molar-refractivity contribution in [1.29, 1.82) is 0 Å². The third-order valence-corrected chi connectivity index (χ3v) is 4.84. The molecule has 146 valence electrons. The van der Waals surface area contributed by atoms with Gasteiger partial charge in [-0.2, -0.15) is 0 Å². The van der Waals surface area contributed by atoms with Gasteiger partial charge in [0.15, 0.2) is 0 Å². The summed E-state index contributed by atoms with van der Waals surface area (Å²) in [6.45, 7) is 5.12. The lowest BCUT2D eigenvalue weighted by Crippen LogP contribution is -2.35. The Morgan fingerprint density at radius 1 is 1.15 bits per heavy atom. The highest BCUT2D eigenvalue weighted by atomic mass is 16.2. The summed E-state index contributed by atoms with van der Waals surface area (Å²) in [7, 11) is 0. The number of nitrogens with one attached hydrogen (secondary N) is 3. The van der Waals surface area contributed by atoms with E-state index in [4.69, 9.17) is 5.73 Å². The first-order chi connectivity index (χ1) is 13.1. The van der Waals surface area contributed by atoms with Crippen molar-refractivity contribution in [2.75, 3.05) is 31.5 Å². The number of rotatable bonds is 8. The molecule has 2 fully saturated rings. The molecule has 0 atom stereocenters. The Kier molecular flexibility index (Phi) is 6.34. The molecule has 27 heavy (non-hydrogen) atoms. The highest BCUT2D eigenvalue weighted by Crippen LogP contribution is 2.20. The number of hydrogen-bond acceptors (Lipinski definition) is 5. The van der Waals surface area contributed by atoms with Gasteiger partial charge in [-0.05, 0) is 70.0 Å². The third-order valence-electron chi connectivity index (χ3n) is 4.84. The third kappa shape index (κ3) is 5.47. The number of carbonyl (C=O) groups is 2. The quantitative estimate of drug-likeness (QED) is 0.518. The van der Waals surface area contributed by atoms with Crippen molar-refractivity contribution in [2.24, 2.45) is 5.73 Å². The van der Waals surface area contributed by atoms with Crippen LogP contribution in [0.15, 0.2) is 35.7 Å². The van der Waals surface area contributed by atoms with Crippen LogP contribution in [-0.2, 0) is 4.79 Å². The average Bonchev–Trinajstić information content (AvgIpc) is 3.33. The minimum Gasteiger partial charge on any atom is -0.393 e. The van der Waals surface area contributed by atoms with Gasteiger partial charge in [0, 0.05) is 30.4 Å². The molecule has 0 bridgehead atoms. The van der Waals surface area contributed by atoms with Crippen LogP contribution in [-0.4, -0.2) is 48.9 Å². The first-order valence-corrected chi connectivity index (χ1v) is 9.74. The van der Waals surface area contributed by atoms with Gasteiger partial charge in [0.2, 0.25) is 0 Å². The van der Waals surface area contributed by atoms with E-state index in [1.165, 1.54) is 12.8 Å². The van der Waals surface area contributed by atoms with E-state index in [1.54, 1.807) is 12.1 Å². The number of amides is 2. The van der Waals surface area contributed by atoms with Crippen LogP contribution in [0.4, 0.5) is 5.69 Å². The fourth-order valence-electron chi connectivity index (χ4n) is 3.13. The van der Waals surface area contributed by atoms with Crippen molar-refractivity contribution in [3.63, 3.8) is 0 Å². The fraction of sp³-hybridized carbons (Fsp3) is 0.500. The Morgan fingerprint density at radius 3 is 2.41 bits per heavy atom. The lowest BCUT2D eigenvalue weighted by Gasteiger charge is -2.21. The number of hydrogen-bond donors (Lipinski definition) is 4. The van der Waals surface area contributed by atoms with Crippen molar-refractivity contribution in [1.82, 2.24) is 15.5 Å². The first-order valence-electron chi connectivity index (χ1n) is 9.74. The number of carbonyl (C=O) groups excluding carboxylic acids is 2. The molecule has 1 saturated heterocycles. The van der Waals surface area contributed by atoms with E-state index in [0.29, 0.717) is 24.4 Å². The van der Waals surface area contributed by atoms with Crippen LogP contribution in [0, 0.1) is 0 Å². The maximum atomic E-state index is 12.4. The maximum Gasteiger partial charge on any atom is 0.269 e. The Labute approximate surface area is 160 Å². The van der Waals surface area contributed by atoms with Gasteiger partial charge in [-0.1, -0.05) is 0 Å². The molecule has 1 aromatic carbocycles. The highest BCUT2D eigenvalue weighted by molar-refractivity contribution is 5.95. The summed E-state index contributed by atoms with van der Waals surface area (Å²) in [5, 5.41) is 9.03. The van der Waals surface area contributed by atoms with Crippen LogP contribution in [0.1, 0.15) is 43.0 Å². The zero-order valence-corrected chi connectivity index (χ0v) is 15.9. The van der Waals surface area contributed by atoms with E-state index in [0.717, 1.165) is 31.6 Å². The lowest BCUT2D eigenvalue weighted by molar-refractivity contribution is -0.117. The van der Waals surface area contributed by atoms with Crippen LogP contribution in [0.25, 0.3) is 0 Å². The monoisotopic (exact) mass is 371 g/mol. The molecule has 0 aromatic heterocycles. The van der Waals surface area contributed by atoms with Crippen molar-refractivity contribution >= 4 is 17.5 Å². The van der Waals surface area contributed by atoms with E-state index in [1.807, 2.05) is 19.1 Å². The van der Waals surface area contributed by atoms with E-state index in [-0.39, 0.29) is 23.6 Å². The van der Waals surface area contributed by atoms with Crippen LogP contribution in [0.3, 0.4) is 0 Å². The van der Waals surface area contributed by atoms with E-state index in [9.17, 15) is 9.59 Å². The Hall–Kier alpha value is -2.54. The van der Waals surface area contributed by atoms with Crippen LogP contribution >= 0.6 is 0 Å². The van der Waals surface area contributed by atoms with Gasteiger partial charge in [-0.25, -0.2) is 0 Å². The Balaban J connectivity index is 1.73. The second-order valence-corrected chi connectivity index (χ2v) is 7.19. The van der Waals surface area contributed by atoms with Crippen LogP contribution in [0.5, 0.6) is 0 Å². The predicted molar refractivity (Wildman–Crippen MR) is 106 cm³/mol. The van der Waals surface area contributed by atoms with Gasteiger partial charge < -0.3 is 21.7 Å². The zero-order valence-electron chi connectivity index (χ0n) is 15.9. The molecule has 1 aliphatic heterocycles. The molecule has 5 N–H and O–H groups in total. The molecule has 1 heterocycles. The van der Waals surface area contributed by atoms with Gasteiger partial charge >= 0.3 is 0 Å². The highest BCUT2D eigenvalue weighted by Gasteiger charge is 2.26. The van der Waals surface area contributed by atoms with Crippen molar-refractivity contribution < 1.29 is 9.59 Å². The zero-order chi connectivity index (χ0) is 19.2. The molecule has 1 aromatic rings. The van der Waals surface area contributed by atoms with Crippen molar-refractivity contribution in [2.45, 2.75) is 38.6 Å². The molecular weight excluding hydrogens is 342 g/mol. The number of anilines is 1. The molecule has 2 aliphatic rings. The predicted octanol–water partition coefficient (Wildman–Crippen LogP) is 1.39. The average molecular weight is 371 g/mol. The Bertz CT molecular complexity index is 704. The second kappa shape index (κ2) is 8.90. The number of benzene rings is 1. The van der Waals surface area contributed by atoms with Gasteiger partial charge in [-0.15, -0.1) is 0 Å². The number of likely N-dealkylation sites (tertiary alicyclic amines) is 1. The summed E-state index contributed by atoms with van der Waals surface area (Å²) in [6.07, 6.45) is 4.38. The standard InChI is InChI=1S/C20H29N5O2/c1-2-22-19(26)14-5-7-15(8-6-14)23-17(13-25-11-3-4-12-25)18(21)20(27)24-16-9-10-16/h5-8,16,23H,2-4,9-13,21H2,1H3,(H,22,26)(H,24,27)/b18-17-. The summed E-state index contributed by atoms with van der Waals surface area (Å²) < 4.78 is 0. The van der Waals surface area contributed by atoms with Crippen LogP contribution in [0.2, 0.25) is 0 Å². The smallest absolute Gasteiger partial charge is 0.269 e. The molecular formula is C20H29N5O2. The minimum absolute atomic E-state index is 0.0970. The molecule has 1 aliphatic carbocycles. The number of nitrogens with two attached hydrogens (primary N) is 1. The topological polar surface area (TPSA) is 99.5 Å². The van der Waals surface area contributed by atoms with Crippen LogP contribution < -0.4 is 21.7 Å². The van der Waals surface area contributed by atoms with Gasteiger partial charge in [0.05, 0.1) is 5.70 Å². The minimum atomic E-state index is -0.210. The molecule has 3 rings (SSSR count). The van der Waals surface area contributed by atoms with Gasteiger partial charge in [0.1, 0.15) is 5.70 Å². The normalized spacial score (nSPS) is 18.0. The summed E-state index contributed by atoms with van der Waals surface area (Å²) in [5.41, 5.74) is 8.55. The van der Waals surface area contributed by atoms with Crippen molar-refractivity contribution in [3.8, 4) is 0 Å². The van der Waals surface area contributed by atoms with E-state index < -0.39 is 0 Å². The number of nitrogens with zero attached hydrogens (tertiary/aromatic N) is 1. The lowest BCUT2D eigenvalue weighted by atomic mass is 10.2. The fourth-order valence-corrected chi connectivity index (χ4v) is 3.13. The molecule has 0 spiro atoms. The van der Waals surface area contributed by atoms with E-state index >= 15 is 0 Å². The molecule has 2 amide bonds. The summed E-state index contributed by atoms with van der Waals surface area (Å²) in [4.78, 5) is 26.6. The maximum absolute atomic E-state index is 12.4. The summed E-state index contributed by atoms with van der Waals surface area (Å²) >= 11 is 0. The molecule has 0 unspecified atom stereocenters. The summed E-state index contributed by atoms with van der Waals surface area (Å²) in [6, 6.07) is 7.46. The molecule has 7 heteroatoms. The second-order valence-electron chi connectivity index (χ2n) is 7.19. The van der Waals surface area contributed by atoms with Crippen molar-refractivity contribution in [3.05, 3.63) is 41.2 Å².